The van der Waals surface area contributed by atoms with Crippen molar-refractivity contribution >= 4 is 35.5 Å². The second-order valence-corrected chi connectivity index (χ2v) is 4.58. The first-order valence-electron chi connectivity index (χ1n) is 5.70. The first kappa shape index (κ1) is 17.3. The zero-order valence-electron chi connectivity index (χ0n) is 10.6. The number of thiocarbonyl (C=S) groups is 1. The van der Waals surface area contributed by atoms with Crippen LogP contribution in [0.25, 0.3) is 0 Å². The molecular weight excluding hydrogens is 321 g/mol. The van der Waals surface area contributed by atoms with E-state index in [1.54, 1.807) is 24.3 Å². The molecule has 0 fully saturated rings. The number of rotatable bonds is 2. The van der Waals surface area contributed by atoms with E-state index in [0.717, 1.165) is 18.4 Å². The van der Waals surface area contributed by atoms with E-state index in [0.29, 0.717) is 16.1 Å². The van der Waals surface area contributed by atoms with Gasteiger partial charge < -0.3 is 0 Å². The molecule has 0 aliphatic rings. The monoisotopic (exact) mass is 330 g/mol. The van der Waals surface area contributed by atoms with Crippen LogP contribution in [0, 0.1) is 0 Å². The van der Waals surface area contributed by atoms with Gasteiger partial charge in [0.2, 0.25) is 0 Å². The Bertz CT molecular complexity index is 592. The van der Waals surface area contributed by atoms with Crippen molar-refractivity contribution in [3.63, 3.8) is 0 Å². The molecule has 0 spiro atoms. The van der Waals surface area contributed by atoms with Crippen molar-refractivity contribution in [3.8, 4) is 0 Å². The Morgan fingerprint density at radius 3 is 1.76 bits per heavy atom. The maximum absolute atomic E-state index is 12.0. The maximum atomic E-state index is 12.0. The maximum Gasteiger partial charge on any atom is 0.416 e. The molecule has 0 heterocycles. The number of hydrogen-bond acceptors (Lipinski definition) is 2. The van der Waals surface area contributed by atoms with Crippen molar-refractivity contribution in [2.45, 2.75) is 6.18 Å². The molecule has 0 amide bonds. The number of alkyl halides is 3. The number of hydrogen-bond donors (Lipinski definition) is 0. The average Bonchev–Trinajstić information content (AvgIpc) is 2.48. The second-order valence-electron chi connectivity index (χ2n) is 3.91. The zero-order valence-corrected chi connectivity index (χ0v) is 12.2. The third kappa shape index (κ3) is 6.06. The van der Waals surface area contributed by atoms with Gasteiger partial charge in [0.05, 0.1) is 5.56 Å². The molecular formula is C15H10ClF3OS. The Labute approximate surface area is 130 Å². The Morgan fingerprint density at radius 1 is 0.905 bits per heavy atom. The van der Waals surface area contributed by atoms with Crippen LogP contribution in [0.5, 0.6) is 0 Å². The summed E-state index contributed by atoms with van der Waals surface area (Å²) in [6.45, 7) is 0. The summed E-state index contributed by atoms with van der Waals surface area (Å²) in [6.07, 6.45) is -3.48. The number of benzene rings is 2. The fourth-order valence-corrected chi connectivity index (χ4v) is 1.58. The van der Waals surface area contributed by atoms with E-state index in [1.807, 2.05) is 0 Å². The van der Waals surface area contributed by atoms with E-state index >= 15 is 0 Å². The molecule has 6 heteroatoms. The molecule has 110 valence electrons. The van der Waals surface area contributed by atoms with E-state index in [1.165, 1.54) is 17.5 Å². The van der Waals surface area contributed by atoms with Gasteiger partial charge in [0, 0.05) is 16.0 Å². The van der Waals surface area contributed by atoms with Gasteiger partial charge in [0.1, 0.15) is 6.29 Å². The normalized spacial score (nSPS) is 10.3. The highest BCUT2D eigenvalue weighted by molar-refractivity contribution is 7.79. The topological polar surface area (TPSA) is 17.1 Å². The minimum absolute atomic E-state index is 0.609. The molecule has 2 rings (SSSR count). The Morgan fingerprint density at radius 2 is 1.38 bits per heavy atom. The lowest BCUT2D eigenvalue weighted by atomic mass is 10.1. The van der Waals surface area contributed by atoms with Crippen LogP contribution in [-0.4, -0.2) is 11.7 Å². The minimum atomic E-state index is -4.26. The largest absolute Gasteiger partial charge is 0.416 e. The second kappa shape index (κ2) is 7.90. The summed E-state index contributed by atoms with van der Waals surface area (Å²) in [5, 5.41) is 1.99. The van der Waals surface area contributed by atoms with Crippen molar-refractivity contribution in [1.82, 2.24) is 0 Å². The molecule has 2 aromatic carbocycles. The van der Waals surface area contributed by atoms with Gasteiger partial charge in [-0.3, -0.25) is 4.79 Å². The molecule has 1 nitrogen and oxygen atoms in total. The van der Waals surface area contributed by atoms with Crippen molar-refractivity contribution in [2.24, 2.45) is 0 Å². The standard InChI is InChI=1S/C8H5F3S.C7H5ClO/c9-8(10,11)7-3-1-6(5-12)2-4-7;8-7-3-1-6(5-9)2-4-7/h1-5H;1-5H. The summed E-state index contributed by atoms with van der Waals surface area (Å²) in [6, 6.07) is 11.4. The highest BCUT2D eigenvalue weighted by Crippen LogP contribution is 2.28. The molecule has 0 atom stereocenters. The third-order valence-corrected chi connectivity index (χ3v) is 2.90. The van der Waals surface area contributed by atoms with Gasteiger partial charge in [-0.25, -0.2) is 0 Å². The van der Waals surface area contributed by atoms with E-state index in [4.69, 9.17) is 11.6 Å². The summed E-state index contributed by atoms with van der Waals surface area (Å²) in [7, 11) is 0. The number of carbonyl (C=O) groups excluding carboxylic acids is 1. The van der Waals surface area contributed by atoms with Crippen LogP contribution >= 0.6 is 23.8 Å². The summed E-state index contributed by atoms with van der Waals surface area (Å²) in [5.74, 6) is 0. The van der Waals surface area contributed by atoms with E-state index in [2.05, 4.69) is 12.2 Å². The van der Waals surface area contributed by atoms with Crippen LogP contribution in [0.15, 0.2) is 48.5 Å². The lowest BCUT2D eigenvalue weighted by Gasteiger charge is -2.05. The Hall–Kier alpha value is -1.72. The van der Waals surface area contributed by atoms with Gasteiger partial charge in [-0.15, -0.1) is 0 Å². The zero-order chi connectivity index (χ0) is 15.9. The van der Waals surface area contributed by atoms with Gasteiger partial charge in [0.15, 0.2) is 0 Å². The molecule has 2 aromatic rings. The van der Waals surface area contributed by atoms with Crippen LogP contribution in [0.2, 0.25) is 5.02 Å². The molecule has 21 heavy (non-hydrogen) atoms. The number of halogens is 4. The molecule has 0 unspecified atom stereocenters. The van der Waals surface area contributed by atoms with Crippen LogP contribution in [0.4, 0.5) is 13.2 Å². The molecule has 0 radical (unpaired) electrons. The quantitative estimate of drug-likeness (QED) is 0.555. The summed E-state index contributed by atoms with van der Waals surface area (Å²) < 4.78 is 36.0. The summed E-state index contributed by atoms with van der Waals surface area (Å²) in [5.41, 5.74) is 0.612. The molecule has 0 N–H and O–H groups in total. The SMILES string of the molecule is FC(F)(F)c1ccc(C=S)cc1.O=Cc1ccc(Cl)cc1. The van der Waals surface area contributed by atoms with E-state index in [-0.39, 0.29) is 0 Å². The van der Waals surface area contributed by atoms with Crippen LogP contribution in [0.3, 0.4) is 0 Å². The van der Waals surface area contributed by atoms with Gasteiger partial charge in [-0.1, -0.05) is 48.1 Å². The van der Waals surface area contributed by atoms with Gasteiger partial charge in [-0.2, -0.15) is 13.2 Å². The first-order chi connectivity index (χ1) is 9.86. The number of carbonyl (C=O) groups is 1. The average molecular weight is 331 g/mol. The van der Waals surface area contributed by atoms with Gasteiger partial charge in [-0.05, 0) is 29.8 Å². The molecule has 0 aliphatic heterocycles. The first-order valence-corrected chi connectivity index (χ1v) is 6.55. The van der Waals surface area contributed by atoms with Crippen molar-refractivity contribution < 1.29 is 18.0 Å². The van der Waals surface area contributed by atoms with Crippen molar-refractivity contribution in [3.05, 3.63) is 70.2 Å². The van der Waals surface area contributed by atoms with Crippen molar-refractivity contribution in [2.75, 3.05) is 0 Å². The predicted molar refractivity (Wildman–Crippen MR) is 81.0 cm³/mol. The summed E-state index contributed by atoms with van der Waals surface area (Å²) in [4.78, 5) is 10.1. The third-order valence-electron chi connectivity index (χ3n) is 2.38. The molecule has 0 aliphatic carbocycles. The van der Waals surface area contributed by atoms with Crippen LogP contribution in [0.1, 0.15) is 21.5 Å². The summed E-state index contributed by atoms with van der Waals surface area (Å²) >= 11 is 10.1. The van der Waals surface area contributed by atoms with Crippen LogP contribution in [-0.2, 0) is 6.18 Å². The van der Waals surface area contributed by atoms with Gasteiger partial charge >= 0.3 is 6.18 Å². The highest BCUT2D eigenvalue weighted by Gasteiger charge is 2.29. The Kier molecular flexibility index (Phi) is 6.52. The van der Waals surface area contributed by atoms with E-state index < -0.39 is 11.7 Å². The lowest BCUT2D eigenvalue weighted by molar-refractivity contribution is -0.137. The minimum Gasteiger partial charge on any atom is -0.298 e. The molecule has 0 bridgehead atoms. The highest BCUT2D eigenvalue weighted by atomic mass is 35.5. The predicted octanol–water partition coefficient (Wildman–Crippen LogP) is 5.21. The Balaban J connectivity index is 0.000000219. The number of aldehydes is 1. The molecule has 0 aromatic heterocycles. The van der Waals surface area contributed by atoms with E-state index in [9.17, 15) is 18.0 Å². The van der Waals surface area contributed by atoms with Crippen LogP contribution < -0.4 is 0 Å². The van der Waals surface area contributed by atoms with Crippen molar-refractivity contribution in [1.29, 1.82) is 0 Å². The fourth-order valence-electron chi connectivity index (χ4n) is 1.29. The molecule has 0 saturated carbocycles. The van der Waals surface area contributed by atoms with Gasteiger partial charge in [0.25, 0.3) is 0 Å². The fraction of sp³-hybridized carbons (Fsp3) is 0.0667. The lowest BCUT2D eigenvalue weighted by Crippen LogP contribution is -2.04. The molecule has 0 saturated heterocycles. The smallest absolute Gasteiger partial charge is 0.298 e.